The Balaban J connectivity index is 2.69. The molecular formula is C8H9BrN2OS. The van der Waals surface area contributed by atoms with Gasteiger partial charge < -0.3 is 4.90 Å². The van der Waals surface area contributed by atoms with Crippen molar-refractivity contribution in [3.8, 4) is 0 Å². The molecule has 0 saturated heterocycles. The van der Waals surface area contributed by atoms with Crippen LogP contribution in [-0.4, -0.2) is 31.2 Å². The molecule has 0 fully saturated rings. The number of halogens is 1. The number of carbonyl (C=O) groups excluding carboxylic acids is 1. The minimum Gasteiger partial charge on any atom is -0.369 e. The van der Waals surface area contributed by atoms with Crippen molar-refractivity contribution in [2.24, 2.45) is 4.99 Å². The molecule has 1 aromatic rings. The summed E-state index contributed by atoms with van der Waals surface area (Å²) in [6, 6.07) is 1.76. The lowest BCUT2D eigenvalue weighted by Crippen LogP contribution is -2.09. The van der Waals surface area contributed by atoms with Gasteiger partial charge in [0.2, 0.25) is 0 Å². The van der Waals surface area contributed by atoms with E-state index in [-0.39, 0.29) is 5.91 Å². The fraction of sp³-hybridized carbons (Fsp3) is 0.250. The number of hydrogen-bond acceptors (Lipinski definition) is 2. The van der Waals surface area contributed by atoms with Crippen LogP contribution in [0.5, 0.6) is 0 Å². The van der Waals surface area contributed by atoms with Gasteiger partial charge in [-0.15, -0.1) is 11.3 Å². The highest BCUT2D eigenvalue weighted by Crippen LogP contribution is 2.20. The van der Waals surface area contributed by atoms with Crippen LogP contribution in [0.15, 0.2) is 20.9 Å². The first-order chi connectivity index (χ1) is 6.09. The van der Waals surface area contributed by atoms with Crippen molar-refractivity contribution in [3.05, 3.63) is 20.8 Å². The molecule has 5 heteroatoms. The van der Waals surface area contributed by atoms with Crippen molar-refractivity contribution >= 4 is 39.5 Å². The Morgan fingerprint density at radius 3 is 2.85 bits per heavy atom. The molecule has 0 radical (unpaired) electrons. The van der Waals surface area contributed by atoms with Gasteiger partial charge in [0.05, 0.1) is 11.2 Å². The fourth-order valence-electron chi connectivity index (χ4n) is 0.657. The standard InChI is InChI=1S/C8H9BrN2OS/c1-11(2)5-10-8(12)7-3-6(9)4-13-7/h3-5H,1-2H3/b10-5+. The van der Waals surface area contributed by atoms with Gasteiger partial charge in [0.1, 0.15) is 0 Å². The van der Waals surface area contributed by atoms with E-state index in [0.29, 0.717) is 4.88 Å². The molecule has 1 amide bonds. The number of carbonyl (C=O) groups is 1. The lowest BCUT2D eigenvalue weighted by Gasteiger charge is -2.00. The second-order valence-corrected chi connectivity index (χ2v) is 4.47. The zero-order valence-corrected chi connectivity index (χ0v) is 9.72. The summed E-state index contributed by atoms with van der Waals surface area (Å²) in [5, 5.41) is 1.86. The number of rotatable bonds is 2. The van der Waals surface area contributed by atoms with Crippen molar-refractivity contribution in [2.75, 3.05) is 14.1 Å². The van der Waals surface area contributed by atoms with Crippen LogP contribution in [-0.2, 0) is 0 Å². The third kappa shape index (κ3) is 3.28. The van der Waals surface area contributed by atoms with Gasteiger partial charge in [-0.2, -0.15) is 4.99 Å². The molecule has 0 N–H and O–H groups in total. The molecule has 13 heavy (non-hydrogen) atoms. The molecule has 0 aliphatic heterocycles. The van der Waals surface area contributed by atoms with Crippen LogP contribution in [0, 0.1) is 0 Å². The SMILES string of the molecule is CN(C)/C=N/C(=O)c1cc(Br)cs1. The van der Waals surface area contributed by atoms with Gasteiger partial charge in [0, 0.05) is 23.9 Å². The molecule has 0 bridgehead atoms. The summed E-state index contributed by atoms with van der Waals surface area (Å²) < 4.78 is 0.918. The van der Waals surface area contributed by atoms with E-state index in [9.17, 15) is 4.79 Å². The van der Waals surface area contributed by atoms with Crippen LogP contribution >= 0.6 is 27.3 Å². The third-order valence-electron chi connectivity index (χ3n) is 1.18. The smallest absolute Gasteiger partial charge is 0.288 e. The predicted molar refractivity (Wildman–Crippen MR) is 58.5 cm³/mol. The maximum atomic E-state index is 11.3. The van der Waals surface area contributed by atoms with Gasteiger partial charge in [0.25, 0.3) is 5.91 Å². The Bertz CT molecular complexity index is 333. The van der Waals surface area contributed by atoms with E-state index in [4.69, 9.17) is 0 Å². The molecule has 0 spiro atoms. The molecule has 0 aliphatic carbocycles. The maximum Gasteiger partial charge on any atom is 0.288 e. The quantitative estimate of drug-likeness (QED) is 0.604. The maximum absolute atomic E-state index is 11.3. The van der Waals surface area contributed by atoms with E-state index in [1.54, 1.807) is 11.0 Å². The molecule has 3 nitrogen and oxygen atoms in total. The molecule has 1 aromatic heterocycles. The Kier molecular flexibility index (Phi) is 3.62. The van der Waals surface area contributed by atoms with Crippen LogP contribution in [0.2, 0.25) is 0 Å². The molecule has 0 aromatic carbocycles. The van der Waals surface area contributed by atoms with Crippen molar-refractivity contribution in [3.63, 3.8) is 0 Å². The van der Waals surface area contributed by atoms with E-state index in [2.05, 4.69) is 20.9 Å². The second-order valence-electron chi connectivity index (χ2n) is 2.64. The number of hydrogen-bond donors (Lipinski definition) is 0. The minimum atomic E-state index is -0.204. The summed E-state index contributed by atoms with van der Waals surface area (Å²) in [6.07, 6.45) is 1.50. The Morgan fingerprint density at radius 2 is 2.38 bits per heavy atom. The topological polar surface area (TPSA) is 32.7 Å². The summed E-state index contributed by atoms with van der Waals surface area (Å²) in [6.45, 7) is 0. The van der Waals surface area contributed by atoms with Crippen LogP contribution in [0.1, 0.15) is 9.67 Å². The molecular weight excluding hydrogens is 252 g/mol. The Hall–Kier alpha value is -0.680. The zero-order chi connectivity index (χ0) is 9.84. The van der Waals surface area contributed by atoms with E-state index in [1.165, 1.54) is 17.7 Å². The summed E-state index contributed by atoms with van der Waals surface area (Å²) >= 11 is 4.66. The Morgan fingerprint density at radius 1 is 1.69 bits per heavy atom. The highest BCUT2D eigenvalue weighted by atomic mass is 79.9. The first-order valence-electron chi connectivity index (χ1n) is 3.58. The first kappa shape index (κ1) is 10.4. The molecule has 1 heterocycles. The van der Waals surface area contributed by atoms with Gasteiger partial charge in [-0.1, -0.05) is 0 Å². The molecule has 0 aliphatic rings. The summed E-state index contributed by atoms with van der Waals surface area (Å²) in [5.74, 6) is -0.204. The van der Waals surface area contributed by atoms with Crippen LogP contribution in [0.4, 0.5) is 0 Å². The van der Waals surface area contributed by atoms with E-state index < -0.39 is 0 Å². The van der Waals surface area contributed by atoms with E-state index >= 15 is 0 Å². The second kappa shape index (κ2) is 4.53. The third-order valence-corrected chi connectivity index (χ3v) is 2.86. The van der Waals surface area contributed by atoms with Crippen molar-refractivity contribution in [2.45, 2.75) is 0 Å². The van der Waals surface area contributed by atoms with Gasteiger partial charge in [0.15, 0.2) is 0 Å². The van der Waals surface area contributed by atoms with Gasteiger partial charge in [-0.25, -0.2) is 0 Å². The van der Waals surface area contributed by atoms with E-state index in [0.717, 1.165) is 4.47 Å². The molecule has 0 atom stereocenters. The van der Waals surface area contributed by atoms with Crippen molar-refractivity contribution in [1.82, 2.24) is 4.90 Å². The zero-order valence-electron chi connectivity index (χ0n) is 7.32. The molecule has 0 unspecified atom stereocenters. The average Bonchev–Trinajstić information content (AvgIpc) is 2.47. The highest BCUT2D eigenvalue weighted by Gasteiger charge is 2.05. The first-order valence-corrected chi connectivity index (χ1v) is 5.26. The minimum absolute atomic E-state index is 0.204. The number of aliphatic imine (C=N–C) groups is 1. The van der Waals surface area contributed by atoms with Crippen LogP contribution in [0.25, 0.3) is 0 Å². The fourth-order valence-corrected chi connectivity index (χ4v) is 1.97. The van der Waals surface area contributed by atoms with Gasteiger partial charge >= 0.3 is 0 Å². The van der Waals surface area contributed by atoms with Crippen molar-refractivity contribution in [1.29, 1.82) is 0 Å². The van der Waals surface area contributed by atoms with Gasteiger partial charge in [-0.3, -0.25) is 4.79 Å². The number of thiophene rings is 1. The molecule has 0 saturated carbocycles. The monoisotopic (exact) mass is 260 g/mol. The number of amides is 1. The Labute approximate surface area is 89.2 Å². The summed E-state index contributed by atoms with van der Waals surface area (Å²) in [7, 11) is 3.64. The summed E-state index contributed by atoms with van der Waals surface area (Å²) in [5.41, 5.74) is 0. The largest absolute Gasteiger partial charge is 0.369 e. The molecule has 1 rings (SSSR count). The lowest BCUT2D eigenvalue weighted by molar-refractivity contribution is 0.101. The van der Waals surface area contributed by atoms with Crippen LogP contribution < -0.4 is 0 Å². The number of nitrogens with zero attached hydrogens (tertiary/aromatic N) is 2. The van der Waals surface area contributed by atoms with E-state index in [1.807, 2.05) is 19.5 Å². The van der Waals surface area contributed by atoms with Crippen LogP contribution in [0.3, 0.4) is 0 Å². The predicted octanol–water partition coefficient (Wildman–Crippen LogP) is 2.24. The van der Waals surface area contributed by atoms with Gasteiger partial charge in [-0.05, 0) is 22.0 Å². The highest BCUT2D eigenvalue weighted by molar-refractivity contribution is 9.10. The normalized spacial score (nSPS) is 10.7. The average molecular weight is 261 g/mol. The molecule has 70 valence electrons. The summed E-state index contributed by atoms with van der Waals surface area (Å²) in [4.78, 5) is 17.5. The lowest BCUT2D eigenvalue weighted by atomic mass is 10.4. The van der Waals surface area contributed by atoms with Crippen molar-refractivity contribution < 1.29 is 4.79 Å².